The molecule has 0 saturated heterocycles. The van der Waals surface area contributed by atoms with Gasteiger partial charge in [0.1, 0.15) is 0 Å². The number of fused-ring (bicyclic) bond motifs is 2. The third-order valence-corrected chi connectivity index (χ3v) is 4.13. The summed E-state index contributed by atoms with van der Waals surface area (Å²) in [7, 11) is 0. The fourth-order valence-electron chi connectivity index (χ4n) is 3.10. The number of aryl methyl sites for hydroxylation is 2. The van der Waals surface area contributed by atoms with Gasteiger partial charge in [-0.3, -0.25) is 0 Å². The Kier molecular flexibility index (Phi) is 3.88. The second-order valence-corrected chi connectivity index (χ2v) is 6.13. The van der Waals surface area contributed by atoms with Gasteiger partial charge in [0.15, 0.2) is 0 Å². The summed E-state index contributed by atoms with van der Waals surface area (Å²) in [5.41, 5.74) is 5.89. The van der Waals surface area contributed by atoms with Crippen LogP contribution in [0.1, 0.15) is 42.1 Å². The summed E-state index contributed by atoms with van der Waals surface area (Å²) >= 11 is 0. The predicted octanol–water partition coefficient (Wildman–Crippen LogP) is 4.12. The fourth-order valence-corrected chi connectivity index (χ4v) is 3.10. The standard InChI is InChI=1S/C19H23N/c1-14(2)13-20-19-17-9-5-3-7-15(17)11-12-16-8-4-6-10-18(16)19/h3-10,14,19-20H,11-13H2,1-2H3. The number of benzene rings is 2. The van der Waals surface area contributed by atoms with E-state index in [2.05, 4.69) is 67.7 Å². The van der Waals surface area contributed by atoms with Gasteiger partial charge in [-0.05, 0) is 47.6 Å². The summed E-state index contributed by atoms with van der Waals surface area (Å²) in [6.45, 7) is 5.58. The molecule has 2 aromatic rings. The molecule has 0 radical (unpaired) electrons. The Morgan fingerprint density at radius 1 is 0.900 bits per heavy atom. The predicted molar refractivity (Wildman–Crippen MR) is 85.0 cm³/mol. The van der Waals surface area contributed by atoms with E-state index in [1.165, 1.54) is 22.3 Å². The van der Waals surface area contributed by atoms with Crippen molar-refractivity contribution < 1.29 is 0 Å². The van der Waals surface area contributed by atoms with Gasteiger partial charge < -0.3 is 5.32 Å². The van der Waals surface area contributed by atoms with E-state index in [0.29, 0.717) is 12.0 Å². The summed E-state index contributed by atoms with van der Waals surface area (Å²) in [6, 6.07) is 18.1. The number of rotatable bonds is 3. The number of nitrogens with one attached hydrogen (secondary N) is 1. The highest BCUT2D eigenvalue weighted by molar-refractivity contribution is 5.44. The van der Waals surface area contributed by atoms with E-state index in [1.54, 1.807) is 0 Å². The van der Waals surface area contributed by atoms with Crippen molar-refractivity contribution in [3.63, 3.8) is 0 Å². The molecule has 2 aromatic carbocycles. The van der Waals surface area contributed by atoms with Crippen LogP contribution in [0.15, 0.2) is 48.5 Å². The van der Waals surface area contributed by atoms with Gasteiger partial charge in [-0.25, -0.2) is 0 Å². The second kappa shape index (κ2) is 5.80. The molecule has 0 unspecified atom stereocenters. The van der Waals surface area contributed by atoms with Crippen LogP contribution in [0.5, 0.6) is 0 Å². The molecule has 0 atom stereocenters. The van der Waals surface area contributed by atoms with Crippen LogP contribution in [0, 0.1) is 5.92 Å². The Labute approximate surface area is 122 Å². The van der Waals surface area contributed by atoms with E-state index in [0.717, 1.165) is 19.4 Å². The normalized spacial score (nSPS) is 14.8. The third-order valence-electron chi connectivity index (χ3n) is 4.13. The van der Waals surface area contributed by atoms with Crippen molar-refractivity contribution in [1.29, 1.82) is 0 Å². The van der Waals surface area contributed by atoms with Gasteiger partial charge in [0.05, 0.1) is 6.04 Å². The Hall–Kier alpha value is -1.60. The van der Waals surface area contributed by atoms with Gasteiger partial charge in [0.25, 0.3) is 0 Å². The van der Waals surface area contributed by atoms with Crippen molar-refractivity contribution in [2.24, 2.45) is 5.92 Å². The highest BCUT2D eigenvalue weighted by Gasteiger charge is 2.22. The van der Waals surface area contributed by atoms with E-state index in [-0.39, 0.29) is 0 Å². The first kappa shape index (κ1) is 13.4. The summed E-state index contributed by atoms with van der Waals surface area (Å²) in [4.78, 5) is 0. The molecule has 1 aliphatic rings. The lowest BCUT2D eigenvalue weighted by molar-refractivity contribution is 0.512. The first-order valence-corrected chi connectivity index (χ1v) is 7.64. The van der Waals surface area contributed by atoms with Crippen LogP contribution < -0.4 is 5.32 Å². The molecule has 3 rings (SSSR count). The molecular weight excluding hydrogens is 242 g/mol. The van der Waals surface area contributed by atoms with E-state index >= 15 is 0 Å². The van der Waals surface area contributed by atoms with Gasteiger partial charge in [0, 0.05) is 0 Å². The molecule has 0 heterocycles. The SMILES string of the molecule is CC(C)CNC1c2ccccc2CCc2ccccc21. The minimum Gasteiger partial charge on any atom is -0.306 e. The molecule has 0 bridgehead atoms. The van der Waals surface area contributed by atoms with Crippen molar-refractivity contribution >= 4 is 0 Å². The van der Waals surface area contributed by atoms with Crippen LogP contribution in [0.25, 0.3) is 0 Å². The lowest BCUT2D eigenvalue weighted by Gasteiger charge is -2.23. The third kappa shape index (κ3) is 2.64. The zero-order valence-corrected chi connectivity index (χ0v) is 12.4. The van der Waals surface area contributed by atoms with Crippen molar-refractivity contribution in [3.05, 3.63) is 70.8 Å². The minimum absolute atomic E-state index is 0.340. The Balaban J connectivity index is 2.04. The van der Waals surface area contributed by atoms with Crippen LogP contribution in [0.3, 0.4) is 0 Å². The van der Waals surface area contributed by atoms with Gasteiger partial charge in [-0.2, -0.15) is 0 Å². The summed E-state index contributed by atoms with van der Waals surface area (Å²) < 4.78 is 0. The van der Waals surface area contributed by atoms with Crippen molar-refractivity contribution in [3.8, 4) is 0 Å². The lowest BCUT2D eigenvalue weighted by atomic mass is 9.94. The number of hydrogen-bond acceptors (Lipinski definition) is 1. The molecule has 104 valence electrons. The molecule has 0 spiro atoms. The summed E-state index contributed by atoms with van der Waals surface area (Å²) in [6.07, 6.45) is 2.29. The maximum atomic E-state index is 3.77. The first-order chi connectivity index (χ1) is 9.75. The summed E-state index contributed by atoms with van der Waals surface area (Å²) in [5, 5.41) is 3.77. The second-order valence-electron chi connectivity index (χ2n) is 6.13. The van der Waals surface area contributed by atoms with E-state index < -0.39 is 0 Å². The molecule has 1 heteroatoms. The maximum absolute atomic E-state index is 3.77. The van der Waals surface area contributed by atoms with Crippen LogP contribution in [0.4, 0.5) is 0 Å². The molecule has 0 aliphatic heterocycles. The molecule has 20 heavy (non-hydrogen) atoms. The van der Waals surface area contributed by atoms with Crippen molar-refractivity contribution in [2.45, 2.75) is 32.7 Å². The van der Waals surface area contributed by atoms with E-state index in [4.69, 9.17) is 0 Å². The average molecular weight is 265 g/mol. The Morgan fingerprint density at radius 2 is 1.40 bits per heavy atom. The topological polar surface area (TPSA) is 12.0 Å². The van der Waals surface area contributed by atoms with Gasteiger partial charge in [-0.1, -0.05) is 62.4 Å². The van der Waals surface area contributed by atoms with Gasteiger partial charge in [0.2, 0.25) is 0 Å². The molecule has 0 saturated carbocycles. The largest absolute Gasteiger partial charge is 0.306 e. The average Bonchev–Trinajstić information content (AvgIpc) is 2.62. The number of hydrogen-bond donors (Lipinski definition) is 1. The van der Waals surface area contributed by atoms with Crippen molar-refractivity contribution in [1.82, 2.24) is 5.32 Å². The smallest absolute Gasteiger partial charge is 0.0582 e. The van der Waals surface area contributed by atoms with E-state index in [1.807, 2.05) is 0 Å². The molecule has 1 nitrogen and oxygen atoms in total. The van der Waals surface area contributed by atoms with Crippen LogP contribution in [-0.2, 0) is 12.8 Å². The quantitative estimate of drug-likeness (QED) is 0.880. The highest BCUT2D eigenvalue weighted by atomic mass is 14.9. The molecule has 0 amide bonds. The van der Waals surface area contributed by atoms with Crippen LogP contribution in [0.2, 0.25) is 0 Å². The zero-order chi connectivity index (χ0) is 13.9. The Bertz CT molecular complexity index is 538. The molecule has 0 aromatic heterocycles. The molecule has 1 N–H and O–H groups in total. The zero-order valence-electron chi connectivity index (χ0n) is 12.4. The summed E-state index contributed by atoms with van der Waals surface area (Å²) in [5.74, 6) is 0.664. The van der Waals surface area contributed by atoms with Gasteiger partial charge in [-0.15, -0.1) is 0 Å². The lowest BCUT2D eigenvalue weighted by Crippen LogP contribution is -2.27. The molecule has 1 aliphatic carbocycles. The maximum Gasteiger partial charge on any atom is 0.0582 e. The minimum atomic E-state index is 0.340. The monoisotopic (exact) mass is 265 g/mol. The van der Waals surface area contributed by atoms with Gasteiger partial charge >= 0.3 is 0 Å². The van der Waals surface area contributed by atoms with Crippen molar-refractivity contribution in [2.75, 3.05) is 6.54 Å². The van der Waals surface area contributed by atoms with Crippen LogP contribution in [-0.4, -0.2) is 6.54 Å². The molecular formula is C19H23N. The van der Waals surface area contributed by atoms with E-state index in [9.17, 15) is 0 Å². The highest BCUT2D eigenvalue weighted by Crippen LogP contribution is 2.32. The first-order valence-electron chi connectivity index (χ1n) is 7.64. The molecule has 0 fully saturated rings. The fraction of sp³-hybridized carbons (Fsp3) is 0.368. The Morgan fingerprint density at radius 3 is 1.90 bits per heavy atom. The van der Waals surface area contributed by atoms with Crippen LogP contribution >= 0.6 is 0 Å².